The molecule has 0 bridgehead atoms. The third-order valence-corrected chi connectivity index (χ3v) is 7.83. The summed E-state index contributed by atoms with van der Waals surface area (Å²) < 4.78 is 0. The summed E-state index contributed by atoms with van der Waals surface area (Å²) in [4.78, 5) is 14.0. The van der Waals surface area contributed by atoms with E-state index in [-0.39, 0.29) is 0 Å². The van der Waals surface area contributed by atoms with Crippen molar-refractivity contribution in [3.63, 3.8) is 0 Å². The van der Waals surface area contributed by atoms with Crippen LogP contribution in [0, 0.1) is 23.7 Å². The molecular formula is C23H38OS. The minimum atomic E-state index is 0.411. The molecule has 0 saturated heterocycles. The smallest absolute Gasteiger partial charge is 0.136 e. The Kier molecular flexibility index (Phi) is 7.95. The van der Waals surface area contributed by atoms with Crippen molar-refractivity contribution in [2.45, 2.75) is 109 Å². The molecule has 0 aromatic heterocycles. The molecule has 142 valence electrons. The van der Waals surface area contributed by atoms with Crippen molar-refractivity contribution < 1.29 is 4.79 Å². The van der Waals surface area contributed by atoms with Gasteiger partial charge in [-0.25, -0.2) is 0 Å². The number of hydrogen-bond donors (Lipinski definition) is 0. The Morgan fingerprint density at radius 2 is 1.44 bits per heavy atom. The van der Waals surface area contributed by atoms with Gasteiger partial charge in [0.15, 0.2) is 0 Å². The van der Waals surface area contributed by atoms with Crippen LogP contribution >= 0.6 is 12.2 Å². The number of unbranched alkanes of at least 4 members (excludes halogenated alkanes) is 1. The normalized spacial score (nSPS) is 30.2. The Hall–Kier alpha value is -0.240. The number of hydrogen-bond acceptors (Lipinski definition) is 2. The molecule has 0 radical (unpaired) electrons. The Morgan fingerprint density at radius 1 is 0.760 bits per heavy atom. The van der Waals surface area contributed by atoms with Crippen molar-refractivity contribution in [2.24, 2.45) is 23.7 Å². The second-order valence-corrected chi connectivity index (χ2v) is 9.72. The third-order valence-electron chi connectivity index (χ3n) is 7.42. The highest BCUT2D eigenvalue weighted by Crippen LogP contribution is 2.44. The highest BCUT2D eigenvalue weighted by molar-refractivity contribution is 7.80. The van der Waals surface area contributed by atoms with Gasteiger partial charge in [0.05, 0.1) is 0 Å². The quantitative estimate of drug-likeness (QED) is 0.322. The summed E-state index contributed by atoms with van der Waals surface area (Å²) in [7, 11) is 0. The van der Waals surface area contributed by atoms with Crippen molar-refractivity contribution in [3.8, 4) is 0 Å². The predicted molar refractivity (Wildman–Crippen MR) is 110 cm³/mol. The summed E-state index contributed by atoms with van der Waals surface area (Å²) in [6.07, 6.45) is 21.6. The third kappa shape index (κ3) is 5.88. The molecular weight excluding hydrogens is 324 g/mol. The van der Waals surface area contributed by atoms with Crippen molar-refractivity contribution in [1.29, 1.82) is 0 Å². The lowest BCUT2D eigenvalue weighted by molar-refractivity contribution is -0.127. The Morgan fingerprint density at radius 3 is 2.28 bits per heavy atom. The van der Waals surface area contributed by atoms with E-state index in [1.54, 1.807) is 0 Å². The van der Waals surface area contributed by atoms with Gasteiger partial charge in [0.25, 0.3) is 0 Å². The van der Waals surface area contributed by atoms with Gasteiger partial charge in [-0.15, -0.1) is 0 Å². The van der Waals surface area contributed by atoms with Crippen LogP contribution in [0.5, 0.6) is 0 Å². The average Bonchev–Trinajstić information content (AvgIpc) is 3.16. The second-order valence-electron chi connectivity index (χ2n) is 9.15. The molecule has 0 amide bonds. The molecule has 2 heteroatoms. The van der Waals surface area contributed by atoms with E-state index in [4.69, 9.17) is 12.2 Å². The lowest BCUT2D eigenvalue weighted by Crippen LogP contribution is -2.35. The van der Waals surface area contributed by atoms with Gasteiger partial charge in [0.2, 0.25) is 0 Å². The number of Topliss-reactive ketones (excluding diaryl/α,β-unsaturated/α-hetero) is 1. The Labute approximate surface area is 160 Å². The molecule has 3 aliphatic rings. The Balaban J connectivity index is 1.30. The molecule has 3 unspecified atom stereocenters. The topological polar surface area (TPSA) is 17.1 Å². The molecule has 0 heterocycles. The SMILES string of the molecule is O=C(CCCCC(=S)CCC1CCCC1)C1CCCC2CCCCC21. The molecule has 1 nitrogen and oxygen atoms in total. The number of carbonyl (C=O) groups excluding carboxylic acids is 1. The summed E-state index contributed by atoms with van der Waals surface area (Å²) in [6.45, 7) is 0. The van der Waals surface area contributed by atoms with Crippen LogP contribution in [0.1, 0.15) is 109 Å². The van der Waals surface area contributed by atoms with Crippen LogP contribution in [0.3, 0.4) is 0 Å². The molecule has 0 aromatic rings. The van der Waals surface area contributed by atoms with Crippen molar-refractivity contribution in [1.82, 2.24) is 0 Å². The van der Waals surface area contributed by atoms with Crippen LogP contribution in [-0.4, -0.2) is 10.6 Å². The second kappa shape index (κ2) is 10.2. The van der Waals surface area contributed by atoms with E-state index in [2.05, 4.69) is 0 Å². The van der Waals surface area contributed by atoms with Crippen molar-refractivity contribution in [2.75, 3.05) is 0 Å². The average molecular weight is 363 g/mol. The maximum Gasteiger partial charge on any atom is 0.136 e. The first-order valence-corrected chi connectivity index (χ1v) is 11.7. The number of fused-ring (bicyclic) bond motifs is 1. The molecule has 3 rings (SSSR count). The number of rotatable bonds is 9. The number of carbonyl (C=O) groups is 1. The number of thiocarbonyl (C=S) groups is 1. The zero-order chi connectivity index (χ0) is 17.5. The predicted octanol–water partition coefficient (Wildman–Crippen LogP) is 7.06. The summed E-state index contributed by atoms with van der Waals surface area (Å²) in [5.74, 6) is 3.57. The minimum Gasteiger partial charge on any atom is -0.299 e. The van der Waals surface area contributed by atoms with Gasteiger partial charge in [-0.05, 0) is 67.6 Å². The van der Waals surface area contributed by atoms with Crippen LogP contribution in [0.4, 0.5) is 0 Å². The van der Waals surface area contributed by atoms with Gasteiger partial charge in [-0.2, -0.15) is 0 Å². The van der Waals surface area contributed by atoms with Crippen LogP contribution in [0.15, 0.2) is 0 Å². The fourth-order valence-electron chi connectivity index (χ4n) is 5.93. The zero-order valence-electron chi connectivity index (χ0n) is 16.1. The molecule has 3 saturated carbocycles. The van der Waals surface area contributed by atoms with Gasteiger partial charge < -0.3 is 0 Å². The van der Waals surface area contributed by atoms with Crippen molar-refractivity contribution >= 4 is 22.9 Å². The first kappa shape index (κ1) is 19.5. The highest BCUT2D eigenvalue weighted by Gasteiger charge is 2.37. The van der Waals surface area contributed by atoms with E-state index in [0.717, 1.165) is 49.9 Å². The maximum atomic E-state index is 12.8. The molecule has 25 heavy (non-hydrogen) atoms. The van der Waals surface area contributed by atoms with Gasteiger partial charge in [0.1, 0.15) is 5.78 Å². The molecule has 0 spiro atoms. The standard InChI is InChI=1S/C23H38OS/c24-23(22-14-7-11-19-10-3-5-13-21(19)22)15-6-4-12-20(25)17-16-18-8-1-2-9-18/h18-19,21-22H,1-17H2. The van der Waals surface area contributed by atoms with E-state index in [9.17, 15) is 4.79 Å². The largest absolute Gasteiger partial charge is 0.299 e. The molecule has 3 aliphatic carbocycles. The maximum absolute atomic E-state index is 12.8. The van der Waals surface area contributed by atoms with Gasteiger partial charge in [0, 0.05) is 12.3 Å². The summed E-state index contributed by atoms with van der Waals surface area (Å²) >= 11 is 5.58. The van der Waals surface area contributed by atoms with E-state index >= 15 is 0 Å². The van der Waals surface area contributed by atoms with Crippen LogP contribution in [0.2, 0.25) is 0 Å². The zero-order valence-corrected chi connectivity index (χ0v) is 17.0. The molecule has 0 aliphatic heterocycles. The molecule has 3 fully saturated rings. The van der Waals surface area contributed by atoms with Crippen LogP contribution in [0.25, 0.3) is 0 Å². The molecule has 3 atom stereocenters. The van der Waals surface area contributed by atoms with E-state index in [1.165, 1.54) is 81.9 Å². The monoisotopic (exact) mass is 362 g/mol. The van der Waals surface area contributed by atoms with Crippen LogP contribution in [-0.2, 0) is 4.79 Å². The summed E-state index contributed by atoms with van der Waals surface area (Å²) in [6, 6.07) is 0. The minimum absolute atomic E-state index is 0.411. The first-order chi connectivity index (χ1) is 12.2. The van der Waals surface area contributed by atoms with Crippen molar-refractivity contribution in [3.05, 3.63) is 0 Å². The number of ketones is 1. The fraction of sp³-hybridized carbons (Fsp3) is 0.913. The highest BCUT2D eigenvalue weighted by atomic mass is 32.1. The fourth-order valence-corrected chi connectivity index (χ4v) is 6.20. The van der Waals surface area contributed by atoms with E-state index < -0.39 is 0 Å². The van der Waals surface area contributed by atoms with Gasteiger partial charge >= 0.3 is 0 Å². The molecule has 0 aromatic carbocycles. The van der Waals surface area contributed by atoms with Gasteiger partial charge in [-0.3, -0.25) is 4.79 Å². The van der Waals surface area contributed by atoms with Gasteiger partial charge in [-0.1, -0.05) is 70.0 Å². The van der Waals surface area contributed by atoms with E-state index in [0.29, 0.717) is 11.7 Å². The summed E-state index contributed by atoms with van der Waals surface area (Å²) in [5, 5.41) is 0. The van der Waals surface area contributed by atoms with E-state index in [1.807, 2.05) is 0 Å². The lowest BCUT2D eigenvalue weighted by atomic mass is 9.64. The summed E-state index contributed by atoms with van der Waals surface area (Å²) in [5.41, 5.74) is 0. The lowest BCUT2D eigenvalue weighted by Gasteiger charge is -2.40. The van der Waals surface area contributed by atoms with Crippen LogP contribution < -0.4 is 0 Å². The first-order valence-electron chi connectivity index (χ1n) is 11.3. The Bertz CT molecular complexity index is 435. The molecule has 0 N–H and O–H groups in total.